The maximum atomic E-state index is 4.91. The molecule has 0 saturated carbocycles. The van der Waals surface area contributed by atoms with Gasteiger partial charge in [-0.05, 0) is 18.3 Å². The van der Waals surface area contributed by atoms with E-state index in [-0.39, 0.29) is 0 Å². The Morgan fingerprint density at radius 1 is 1.43 bits per heavy atom. The van der Waals surface area contributed by atoms with Crippen LogP contribution >= 0.6 is 12.2 Å². The minimum atomic E-state index is 0.423. The Morgan fingerprint density at radius 2 is 2.36 bits per heavy atom. The molecule has 68 valence electrons. The summed E-state index contributed by atoms with van der Waals surface area (Å²) in [6.45, 7) is 0. The quantitative estimate of drug-likeness (QED) is 0.646. The highest BCUT2D eigenvalue weighted by Gasteiger charge is 2.21. The van der Waals surface area contributed by atoms with Gasteiger partial charge in [-0.15, -0.1) is 0 Å². The van der Waals surface area contributed by atoms with E-state index < -0.39 is 0 Å². The number of allylic oxidation sites excluding steroid dienone is 3. The molecule has 4 nitrogen and oxygen atoms in total. The van der Waals surface area contributed by atoms with Crippen LogP contribution in [0.25, 0.3) is 0 Å². The molecule has 0 radical (unpaired) electrons. The molecule has 0 spiro atoms. The van der Waals surface area contributed by atoms with E-state index in [4.69, 9.17) is 12.2 Å². The molecule has 0 aromatic carbocycles. The van der Waals surface area contributed by atoms with Gasteiger partial charge in [-0.2, -0.15) is 5.10 Å². The van der Waals surface area contributed by atoms with E-state index in [0.717, 1.165) is 29.1 Å². The van der Waals surface area contributed by atoms with Crippen LogP contribution in [0.2, 0.25) is 0 Å². The minimum Gasteiger partial charge on any atom is -0.254 e. The maximum absolute atomic E-state index is 4.91. The van der Waals surface area contributed by atoms with Crippen molar-refractivity contribution < 1.29 is 0 Å². The molecular formula is C9H6N4S. The van der Waals surface area contributed by atoms with Crippen molar-refractivity contribution in [3.8, 4) is 0 Å². The van der Waals surface area contributed by atoms with Gasteiger partial charge in [-0.1, -0.05) is 6.08 Å². The van der Waals surface area contributed by atoms with Crippen molar-refractivity contribution in [2.75, 3.05) is 0 Å². The maximum Gasteiger partial charge on any atom is 0.213 e. The van der Waals surface area contributed by atoms with Gasteiger partial charge < -0.3 is 0 Å². The number of hydrogen-bond acceptors (Lipinski definition) is 4. The second-order valence-corrected chi connectivity index (χ2v) is 3.48. The van der Waals surface area contributed by atoms with Gasteiger partial charge in [0.1, 0.15) is 5.69 Å². The van der Waals surface area contributed by atoms with Gasteiger partial charge in [0.05, 0.1) is 11.4 Å². The number of fused-ring (bicyclic) bond motifs is 3. The summed E-state index contributed by atoms with van der Waals surface area (Å²) in [7, 11) is 0. The predicted molar refractivity (Wildman–Crippen MR) is 54.7 cm³/mol. The van der Waals surface area contributed by atoms with Crippen molar-refractivity contribution in [1.29, 1.82) is 0 Å². The summed E-state index contributed by atoms with van der Waals surface area (Å²) in [5.41, 5.74) is 3.74. The molecule has 2 heterocycles. The van der Waals surface area contributed by atoms with Gasteiger partial charge >= 0.3 is 0 Å². The Balaban J connectivity index is 2.26. The Hall–Kier alpha value is -1.62. The normalized spacial score (nSPS) is 17.1. The van der Waals surface area contributed by atoms with Crippen LogP contribution in [0.1, 0.15) is 11.4 Å². The van der Waals surface area contributed by atoms with Gasteiger partial charge in [0, 0.05) is 18.2 Å². The first-order valence-corrected chi connectivity index (χ1v) is 4.66. The molecule has 1 aromatic heterocycles. The lowest BCUT2D eigenvalue weighted by Crippen LogP contribution is -2.15. The first-order valence-electron chi connectivity index (χ1n) is 4.25. The fourth-order valence-electron chi connectivity index (χ4n) is 1.62. The van der Waals surface area contributed by atoms with Crippen molar-refractivity contribution in [2.45, 2.75) is 6.42 Å². The van der Waals surface area contributed by atoms with Crippen LogP contribution in [-0.4, -0.2) is 20.9 Å². The highest BCUT2D eigenvalue weighted by Crippen LogP contribution is 2.22. The molecular weight excluding hydrogens is 196 g/mol. The fraction of sp³-hybridized carbons (Fsp3) is 0.111. The number of aromatic amines is 1. The van der Waals surface area contributed by atoms with Crippen LogP contribution in [0, 0.1) is 4.77 Å². The molecule has 0 fully saturated rings. The number of hydrogen-bond donors (Lipinski definition) is 1. The molecule has 1 N–H and O–H groups in total. The Morgan fingerprint density at radius 3 is 3.29 bits per heavy atom. The fourth-order valence-corrected chi connectivity index (χ4v) is 1.77. The van der Waals surface area contributed by atoms with Crippen LogP contribution in [0.5, 0.6) is 0 Å². The van der Waals surface area contributed by atoms with E-state index >= 15 is 0 Å². The Bertz CT molecular complexity index is 550. The summed E-state index contributed by atoms with van der Waals surface area (Å²) in [4.78, 5) is 8.46. The minimum absolute atomic E-state index is 0.423. The zero-order chi connectivity index (χ0) is 9.54. The third-order valence-electron chi connectivity index (χ3n) is 2.24. The number of rotatable bonds is 0. The number of nitrogens with zero attached hydrogens (tertiary/aromatic N) is 3. The van der Waals surface area contributed by atoms with Crippen molar-refractivity contribution in [2.24, 2.45) is 4.99 Å². The van der Waals surface area contributed by atoms with E-state index in [1.807, 2.05) is 6.08 Å². The lowest BCUT2D eigenvalue weighted by Gasteiger charge is -2.11. The monoisotopic (exact) mass is 202 g/mol. The zero-order valence-electron chi connectivity index (χ0n) is 7.19. The Kier molecular flexibility index (Phi) is 1.49. The standard InChI is InChI=1S/C9H6N4S/c14-9-11-6-2-1-5-3-4-10-7(5)8(6)12-13-9/h1,3-4H,2H2,(H,11,13,14). The molecule has 0 atom stereocenters. The van der Waals surface area contributed by atoms with E-state index in [9.17, 15) is 0 Å². The molecule has 14 heavy (non-hydrogen) atoms. The van der Waals surface area contributed by atoms with Gasteiger partial charge in [-0.3, -0.25) is 10.1 Å². The number of aliphatic imine (C=N–C) groups is 1. The van der Waals surface area contributed by atoms with E-state index in [1.54, 1.807) is 6.20 Å². The summed E-state index contributed by atoms with van der Waals surface area (Å²) >= 11 is 4.91. The molecule has 1 aliphatic carbocycles. The molecule has 0 amide bonds. The summed E-state index contributed by atoms with van der Waals surface area (Å²) in [6, 6.07) is 0. The van der Waals surface area contributed by atoms with Crippen LogP contribution in [-0.2, 0) is 6.42 Å². The van der Waals surface area contributed by atoms with E-state index in [2.05, 4.69) is 26.2 Å². The van der Waals surface area contributed by atoms with Gasteiger partial charge in [0.25, 0.3) is 0 Å². The summed E-state index contributed by atoms with van der Waals surface area (Å²) < 4.78 is 0.423. The SMILES string of the molecule is S=c1nc2c(n[nH]1)C1=NC=CC1=CC2. The zero-order valence-corrected chi connectivity index (χ0v) is 8.01. The molecule has 0 saturated heterocycles. The summed E-state index contributed by atoms with van der Waals surface area (Å²) in [6.07, 6.45) is 6.62. The number of H-pyrrole nitrogens is 1. The molecule has 2 aliphatic rings. The van der Waals surface area contributed by atoms with Crippen LogP contribution < -0.4 is 0 Å². The summed E-state index contributed by atoms with van der Waals surface area (Å²) in [5.74, 6) is 0. The Labute approximate surface area is 85.1 Å². The smallest absolute Gasteiger partial charge is 0.213 e. The highest BCUT2D eigenvalue weighted by molar-refractivity contribution is 7.71. The van der Waals surface area contributed by atoms with Gasteiger partial charge in [0.2, 0.25) is 4.77 Å². The number of aromatic nitrogens is 3. The molecule has 5 heteroatoms. The van der Waals surface area contributed by atoms with Crippen molar-refractivity contribution in [3.63, 3.8) is 0 Å². The average molecular weight is 202 g/mol. The highest BCUT2D eigenvalue weighted by atomic mass is 32.1. The van der Waals surface area contributed by atoms with Crippen molar-refractivity contribution in [1.82, 2.24) is 15.2 Å². The molecule has 0 bridgehead atoms. The average Bonchev–Trinajstić information content (AvgIpc) is 2.65. The summed E-state index contributed by atoms with van der Waals surface area (Å²) in [5, 5.41) is 6.85. The lowest BCUT2D eigenvalue weighted by atomic mass is 9.99. The van der Waals surface area contributed by atoms with Crippen molar-refractivity contribution in [3.05, 3.63) is 40.1 Å². The number of nitrogens with one attached hydrogen (secondary N) is 1. The molecule has 3 rings (SSSR count). The molecule has 1 aliphatic heterocycles. The van der Waals surface area contributed by atoms with Crippen molar-refractivity contribution >= 4 is 17.9 Å². The predicted octanol–water partition coefficient (Wildman–Crippen LogP) is 1.33. The largest absolute Gasteiger partial charge is 0.254 e. The van der Waals surface area contributed by atoms with Gasteiger partial charge in [0.15, 0.2) is 0 Å². The molecule has 0 unspecified atom stereocenters. The van der Waals surface area contributed by atoms with Gasteiger partial charge in [-0.25, -0.2) is 4.98 Å². The third kappa shape index (κ3) is 0.990. The third-order valence-corrected chi connectivity index (χ3v) is 2.43. The van der Waals surface area contributed by atoms with Crippen LogP contribution in [0.15, 0.2) is 28.9 Å². The lowest BCUT2D eigenvalue weighted by molar-refractivity contribution is 0.884. The van der Waals surface area contributed by atoms with Crippen LogP contribution in [0.4, 0.5) is 0 Å². The first-order chi connectivity index (χ1) is 6.84. The second-order valence-electron chi connectivity index (χ2n) is 3.09. The van der Waals surface area contributed by atoms with E-state index in [1.165, 1.54) is 0 Å². The topological polar surface area (TPSA) is 53.9 Å². The van der Waals surface area contributed by atoms with Crippen LogP contribution in [0.3, 0.4) is 0 Å². The first kappa shape index (κ1) is 7.75. The van der Waals surface area contributed by atoms with E-state index in [0.29, 0.717) is 4.77 Å². The molecule has 1 aromatic rings. The second kappa shape index (κ2) is 2.68.